The quantitative estimate of drug-likeness (QED) is 0.908. The Kier molecular flexibility index (Phi) is 5.32. The highest BCUT2D eigenvalue weighted by Crippen LogP contribution is 2.35. The third-order valence-corrected chi connectivity index (χ3v) is 3.42. The van der Waals surface area contributed by atoms with Gasteiger partial charge in [0.1, 0.15) is 5.82 Å². The summed E-state index contributed by atoms with van der Waals surface area (Å²) in [6.07, 6.45) is 0.863. The molecule has 0 spiro atoms. The van der Waals surface area contributed by atoms with Gasteiger partial charge in [0.25, 0.3) is 0 Å². The first-order chi connectivity index (χ1) is 8.49. The molecule has 2 rings (SSSR count). The van der Waals surface area contributed by atoms with Gasteiger partial charge in [-0.3, -0.25) is 4.79 Å². The van der Waals surface area contributed by atoms with Crippen molar-refractivity contribution in [2.75, 3.05) is 6.54 Å². The zero-order valence-corrected chi connectivity index (χ0v) is 12.0. The molecule has 1 fully saturated rings. The monoisotopic (exact) mass is 286 g/mol. The minimum atomic E-state index is -0.508. The molecule has 0 aromatic heterocycles. The van der Waals surface area contributed by atoms with Crippen molar-refractivity contribution >= 4 is 18.3 Å². The predicted octanol–water partition coefficient (Wildman–Crippen LogP) is 2.50. The Bertz CT molecular complexity index is 453. The molecule has 0 saturated carbocycles. The van der Waals surface area contributed by atoms with Crippen molar-refractivity contribution < 1.29 is 9.18 Å². The zero-order valence-electron chi connectivity index (χ0n) is 11.2. The summed E-state index contributed by atoms with van der Waals surface area (Å²) in [5.74, 6) is 0.0924. The van der Waals surface area contributed by atoms with Crippen LogP contribution in [0.3, 0.4) is 0 Å². The minimum Gasteiger partial charge on any atom is -0.334 e. The first-order valence-corrected chi connectivity index (χ1v) is 6.30. The van der Waals surface area contributed by atoms with Crippen molar-refractivity contribution in [1.29, 1.82) is 0 Å². The second-order valence-electron chi connectivity index (χ2n) is 5.19. The Morgan fingerprint density at radius 1 is 1.53 bits per heavy atom. The molecule has 1 amide bonds. The average Bonchev–Trinajstić information content (AvgIpc) is 2.70. The summed E-state index contributed by atoms with van der Waals surface area (Å²) in [5, 5.41) is 0. The lowest BCUT2D eigenvalue weighted by Crippen LogP contribution is -2.41. The Hall–Kier alpha value is -1.13. The van der Waals surface area contributed by atoms with Gasteiger partial charge in [-0.1, -0.05) is 19.1 Å². The number of rotatable bonds is 2. The number of likely N-dealkylation sites (tertiary alicyclic amines) is 1. The highest BCUT2D eigenvalue weighted by atomic mass is 35.5. The number of benzene rings is 1. The van der Waals surface area contributed by atoms with Gasteiger partial charge < -0.3 is 10.6 Å². The van der Waals surface area contributed by atoms with Crippen molar-refractivity contribution in [1.82, 2.24) is 4.90 Å². The number of hydrogen-bond acceptors (Lipinski definition) is 2. The second kappa shape index (κ2) is 6.35. The molecule has 0 bridgehead atoms. The maximum absolute atomic E-state index is 13.3. The molecule has 1 aliphatic heterocycles. The van der Waals surface area contributed by atoms with Crippen LogP contribution < -0.4 is 5.73 Å². The summed E-state index contributed by atoms with van der Waals surface area (Å²) in [7, 11) is 0. The Morgan fingerprint density at radius 2 is 2.21 bits per heavy atom. The van der Waals surface area contributed by atoms with E-state index in [-0.39, 0.29) is 30.2 Å². The van der Waals surface area contributed by atoms with Crippen molar-refractivity contribution in [3.8, 4) is 0 Å². The van der Waals surface area contributed by atoms with Crippen LogP contribution in [0.25, 0.3) is 0 Å². The summed E-state index contributed by atoms with van der Waals surface area (Å²) < 4.78 is 13.3. The number of carbonyl (C=O) groups is 1. The maximum Gasteiger partial charge on any atom is 0.239 e. The van der Waals surface area contributed by atoms with E-state index in [0.717, 1.165) is 12.0 Å². The molecule has 0 radical (unpaired) electrons. The molecular formula is C14H20ClFN2O. The molecule has 1 aromatic rings. The summed E-state index contributed by atoms with van der Waals surface area (Å²) in [4.78, 5) is 13.8. The third-order valence-electron chi connectivity index (χ3n) is 3.42. The molecule has 3 nitrogen and oxygen atoms in total. The molecule has 0 aliphatic carbocycles. The van der Waals surface area contributed by atoms with E-state index in [2.05, 4.69) is 6.92 Å². The van der Waals surface area contributed by atoms with Gasteiger partial charge in [-0.25, -0.2) is 4.39 Å². The topological polar surface area (TPSA) is 46.3 Å². The first kappa shape index (κ1) is 15.9. The fourth-order valence-corrected chi connectivity index (χ4v) is 2.58. The van der Waals surface area contributed by atoms with Gasteiger partial charge in [-0.2, -0.15) is 0 Å². The Balaban J connectivity index is 0.00000180. The molecule has 5 heteroatoms. The van der Waals surface area contributed by atoms with Gasteiger partial charge in [-0.05, 0) is 37.0 Å². The van der Waals surface area contributed by atoms with Crippen LogP contribution in [-0.4, -0.2) is 23.4 Å². The van der Waals surface area contributed by atoms with E-state index in [1.807, 2.05) is 6.07 Å². The van der Waals surface area contributed by atoms with Crippen molar-refractivity contribution in [3.05, 3.63) is 35.6 Å². The lowest BCUT2D eigenvalue weighted by Gasteiger charge is -2.26. The van der Waals surface area contributed by atoms with Gasteiger partial charge in [0.15, 0.2) is 0 Å². The van der Waals surface area contributed by atoms with Crippen molar-refractivity contribution in [2.24, 2.45) is 11.7 Å². The smallest absolute Gasteiger partial charge is 0.239 e. The summed E-state index contributed by atoms with van der Waals surface area (Å²) in [6.45, 7) is 4.48. The average molecular weight is 287 g/mol. The van der Waals surface area contributed by atoms with Gasteiger partial charge in [0, 0.05) is 6.54 Å². The largest absolute Gasteiger partial charge is 0.334 e. The summed E-state index contributed by atoms with van der Waals surface area (Å²) in [6, 6.07) is 5.92. The number of nitrogens with zero attached hydrogens (tertiary/aromatic N) is 1. The number of nitrogens with two attached hydrogens (primary N) is 1. The lowest BCUT2D eigenvalue weighted by molar-refractivity contribution is -0.133. The highest BCUT2D eigenvalue weighted by molar-refractivity contribution is 5.85. The van der Waals surface area contributed by atoms with E-state index < -0.39 is 6.04 Å². The van der Waals surface area contributed by atoms with Crippen LogP contribution in [0.4, 0.5) is 4.39 Å². The standard InChI is InChI=1S/C14H19FN2O.ClH/c1-9-6-13(11-4-3-5-12(15)7-11)17(8-9)14(18)10(2)16;/h3-5,7,9-10,13H,6,8,16H2,1-2H3;1H/t9?,10-,13?;/m0./s1. The normalized spacial score (nSPS) is 23.9. The Labute approximate surface area is 119 Å². The third kappa shape index (κ3) is 3.45. The highest BCUT2D eigenvalue weighted by Gasteiger charge is 2.35. The SMILES string of the molecule is CC1CC(c2cccc(F)c2)N(C(=O)[C@H](C)N)C1.Cl. The fourth-order valence-electron chi connectivity index (χ4n) is 2.58. The zero-order chi connectivity index (χ0) is 13.3. The number of carbonyl (C=O) groups excluding carboxylic acids is 1. The van der Waals surface area contributed by atoms with E-state index in [0.29, 0.717) is 12.5 Å². The van der Waals surface area contributed by atoms with Gasteiger partial charge in [-0.15, -0.1) is 12.4 Å². The van der Waals surface area contributed by atoms with Gasteiger partial charge in [0.05, 0.1) is 12.1 Å². The van der Waals surface area contributed by atoms with Crippen LogP contribution in [0, 0.1) is 11.7 Å². The van der Waals surface area contributed by atoms with Crippen LogP contribution in [0.1, 0.15) is 31.9 Å². The molecule has 1 aromatic carbocycles. The predicted molar refractivity (Wildman–Crippen MR) is 75.5 cm³/mol. The van der Waals surface area contributed by atoms with Gasteiger partial charge >= 0.3 is 0 Å². The number of halogens is 2. The summed E-state index contributed by atoms with van der Waals surface area (Å²) in [5.41, 5.74) is 6.52. The number of hydrogen-bond donors (Lipinski definition) is 1. The fraction of sp³-hybridized carbons (Fsp3) is 0.500. The van der Waals surface area contributed by atoms with Gasteiger partial charge in [0.2, 0.25) is 5.91 Å². The maximum atomic E-state index is 13.3. The molecule has 19 heavy (non-hydrogen) atoms. The molecule has 1 aliphatic rings. The molecule has 2 unspecified atom stereocenters. The molecule has 2 N–H and O–H groups in total. The van der Waals surface area contributed by atoms with Crippen LogP contribution in [0.15, 0.2) is 24.3 Å². The van der Waals surface area contributed by atoms with Crippen LogP contribution in [0.5, 0.6) is 0 Å². The van der Waals surface area contributed by atoms with Crippen molar-refractivity contribution in [2.45, 2.75) is 32.4 Å². The number of amides is 1. The van der Waals surface area contributed by atoms with Crippen LogP contribution in [-0.2, 0) is 4.79 Å². The molecule has 3 atom stereocenters. The van der Waals surface area contributed by atoms with E-state index in [1.54, 1.807) is 17.9 Å². The van der Waals surface area contributed by atoms with Crippen LogP contribution in [0.2, 0.25) is 0 Å². The van der Waals surface area contributed by atoms with Crippen LogP contribution >= 0.6 is 12.4 Å². The minimum absolute atomic E-state index is 0. The first-order valence-electron chi connectivity index (χ1n) is 6.30. The molecule has 106 valence electrons. The molecule has 1 saturated heterocycles. The lowest BCUT2D eigenvalue weighted by atomic mass is 10.0. The van der Waals surface area contributed by atoms with E-state index in [9.17, 15) is 9.18 Å². The Morgan fingerprint density at radius 3 is 2.79 bits per heavy atom. The van der Waals surface area contributed by atoms with E-state index in [4.69, 9.17) is 5.73 Å². The second-order valence-corrected chi connectivity index (χ2v) is 5.19. The van der Waals surface area contributed by atoms with Crippen molar-refractivity contribution in [3.63, 3.8) is 0 Å². The molecular weight excluding hydrogens is 267 g/mol. The van der Waals surface area contributed by atoms with E-state index >= 15 is 0 Å². The molecule has 1 heterocycles. The van der Waals surface area contributed by atoms with E-state index in [1.165, 1.54) is 12.1 Å². The summed E-state index contributed by atoms with van der Waals surface area (Å²) >= 11 is 0.